The number of unbranched alkanes of at least 4 members (excludes halogenated alkanes) is 2. The third kappa shape index (κ3) is 6.28. The fourth-order valence-electron chi connectivity index (χ4n) is 5.53. The largest absolute Gasteiger partial charge is 0.460 e. The third-order valence-electron chi connectivity index (χ3n) is 7.74. The Kier molecular flexibility index (Phi) is 9.27. The van der Waals surface area contributed by atoms with E-state index in [1.807, 2.05) is 0 Å². The first-order valence-electron chi connectivity index (χ1n) is 11.9. The van der Waals surface area contributed by atoms with Gasteiger partial charge < -0.3 is 0 Å². The monoisotopic (exact) mass is 482 g/mol. The van der Waals surface area contributed by atoms with Crippen molar-refractivity contribution in [1.82, 2.24) is 0 Å². The Morgan fingerprint density at radius 3 is 1.41 bits per heavy atom. The summed E-state index contributed by atoms with van der Waals surface area (Å²) in [6.45, 7) is 2.18. The van der Waals surface area contributed by atoms with Crippen molar-refractivity contribution >= 4 is 0 Å². The van der Waals surface area contributed by atoms with E-state index in [0.717, 1.165) is 31.6 Å². The summed E-state index contributed by atoms with van der Waals surface area (Å²) in [4.78, 5) is 0. The first-order valence-corrected chi connectivity index (χ1v) is 11.9. The molecule has 2 saturated carbocycles. The van der Waals surface area contributed by atoms with Crippen LogP contribution in [0.25, 0.3) is 0 Å². The van der Waals surface area contributed by atoms with E-state index in [0.29, 0.717) is 24.7 Å². The second-order valence-electron chi connectivity index (χ2n) is 9.95. The van der Waals surface area contributed by atoms with Crippen LogP contribution >= 0.6 is 0 Å². The minimum absolute atomic E-state index is 0.349. The lowest BCUT2D eigenvalue weighted by Gasteiger charge is -2.38. The molecule has 0 aromatic carbocycles. The Labute approximate surface area is 184 Å². The Balaban J connectivity index is 1.78. The minimum Gasteiger partial charge on any atom is -0.200 e. The zero-order chi connectivity index (χ0) is 24.2. The summed E-state index contributed by atoms with van der Waals surface area (Å²) in [5.74, 6) is -17.2. The van der Waals surface area contributed by atoms with Crippen LogP contribution in [-0.2, 0) is 0 Å². The molecule has 190 valence electrons. The van der Waals surface area contributed by atoms with Crippen molar-refractivity contribution in [1.29, 1.82) is 0 Å². The number of alkyl halides is 9. The number of rotatable bonds is 10. The summed E-state index contributed by atoms with van der Waals surface area (Å²) in [6.07, 6.45) is 3.36. The van der Waals surface area contributed by atoms with Gasteiger partial charge in [0.05, 0.1) is 0 Å². The van der Waals surface area contributed by atoms with Crippen LogP contribution in [0.5, 0.6) is 0 Å². The molecule has 0 radical (unpaired) electrons. The van der Waals surface area contributed by atoms with Gasteiger partial charge in [0.15, 0.2) is 0 Å². The van der Waals surface area contributed by atoms with Crippen molar-refractivity contribution in [2.24, 2.45) is 23.7 Å². The highest BCUT2D eigenvalue weighted by molar-refractivity contribution is 5.00. The van der Waals surface area contributed by atoms with Gasteiger partial charge in [0.25, 0.3) is 0 Å². The van der Waals surface area contributed by atoms with Crippen molar-refractivity contribution in [2.45, 2.75) is 121 Å². The number of halogens is 9. The summed E-state index contributed by atoms with van der Waals surface area (Å²) in [5.41, 5.74) is 0. The highest BCUT2D eigenvalue weighted by atomic mass is 19.4. The quantitative estimate of drug-likeness (QED) is 0.215. The molecule has 0 spiro atoms. The molecule has 0 unspecified atom stereocenters. The molecule has 2 rings (SSSR count). The van der Waals surface area contributed by atoms with Crippen LogP contribution in [0.2, 0.25) is 0 Å². The molecule has 0 heterocycles. The van der Waals surface area contributed by atoms with Crippen LogP contribution in [0.1, 0.15) is 96.8 Å². The van der Waals surface area contributed by atoms with Gasteiger partial charge in [-0.3, -0.25) is 0 Å². The Hall–Kier alpha value is -0.630. The topological polar surface area (TPSA) is 0 Å². The van der Waals surface area contributed by atoms with E-state index in [-0.39, 0.29) is 5.92 Å². The van der Waals surface area contributed by atoms with E-state index >= 15 is 0 Å². The van der Waals surface area contributed by atoms with Crippen LogP contribution in [0.15, 0.2) is 0 Å². The second-order valence-corrected chi connectivity index (χ2v) is 9.95. The van der Waals surface area contributed by atoms with Crippen LogP contribution < -0.4 is 0 Å². The van der Waals surface area contributed by atoms with Crippen molar-refractivity contribution in [3.05, 3.63) is 0 Å². The SMILES string of the molecule is CCCCCC1CCC(C2CCC(CCC(F)(F)C(F)(F)C(F)(F)C(F)(F)F)CC2)CC1. The summed E-state index contributed by atoms with van der Waals surface area (Å²) in [5, 5.41) is 0. The predicted molar refractivity (Wildman–Crippen MR) is 105 cm³/mol. The Bertz CT molecular complexity index is 554. The van der Waals surface area contributed by atoms with Gasteiger partial charge in [-0.15, -0.1) is 0 Å². The van der Waals surface area contributed by atoms with Crippen molar-refractivity contribution in [3.63, 3.8) is 0 Å². The van der Waals surface area contributed by atoms with E-state index < -0.39 is 36.8 Å². The van der Waals surface area contributed by atoms with E-state index in [4.69, 9.17) is 0 Å². The van der Waals surface area contributed by atoms with Crippen molar-refractivity contribution in [3.8, 4) is 0 Å². The average Bonchev–Trinajstić information content (AvgIpc) is 2.72. The molecule has 0 amide bonds. The fourth-order valence-corrected chi connectivity index (χ4v) is 5.53. The maximum Gasteiger partial charge on any atom is 0.460 e. The smallest absolute Gasteiger partial charge is 0.200 e. The molecule has 0 atom stereocenters. The van der Waals surface area contributed by atoms with Crippen molar-refractivity contribution in [2.75, 3.05) is 0 Å². The van der Waals surface area contributed by atoms with Gasteiger partial charge in [0.2, 0.25) is 0 Å². The molecule has 0 saturated heterocycles. The first kappa shape index (κ1) is 27.6. The van der Waals surface area contributed by atoms with Crippen LogP contribution in [0.4, 0.5) is 39.5 Å². The maximum absolute atomic E-state index is 13.8. The van der Waals surface area contributed by atoms with E-state index in [2.05, 4.69) is 6.92 Å². The van der Waals surface area contributed by atoms with Crippen LogP contribution in [0, 0.1) is 23.7 Å². The van der Waals surface area contributed by atoms with E-state index in [1.165, 1.54) is 38.5 Å². The molecule has 0 bridgehead atoms. The highest BCUT2D eigenvalue weighted by Gasteiger charge is 2.81. The fraction of sp³-hybridized carbons (Fsp3) is 1.00. The molecular formula is C23H35F9. The molecule has 0 nitrogen and oxygen atoms in total. The zero-order valence-corrected chi connectivity index (χ0v) is 18.6. The molecule has 32 heavy (non-hydrogen) atoms. The van der Waals surface area contributed by atoms with Gasteiger partial charge in [-0.2, -0.15) is 39.5 Å². The molecule has 0 aromatic rings. The van der Waals surface area contributed by atoms with Crippen LogP contribution in [0.3, 0.4) is 0 Å². The lowest BCUT2D eigenvalue weighted by molar-refractivity contribution is -0.397. The normalized spacial score (nSPS) is 28.7. The van der Waals surface area contributed by atoms with Gasteiger partial charge in [-0.25, -0.2) is 0 Å². The summed E-state index contributed by atoms with van der Waals surface area (Å²) < 4.78 is 117. The third-order valence-corrected chi connectivity index (χ3v) is 7.74. The Morgan fingerprint density at radius 2 is 1.00 bits per heavy atom. The van der Waals surface area contributed by atoms with Gasteiger partial charge in [0.1, 0.15) is 0 Å². The van der Waals surface area contributed by atoms with Crippen LogP contribution in [-0.4, -0.2) is 23.9 Å². The minimum atomic E-state index is -6.78. The molecule has 2 fully saturated rings. The zero-order valence-electron chi connectivity index (χ0n) is 18.6. The van der Waals surface area contributed by atoms with Gasteiger partial charge in [0, 0.05) is 6.42 Å². The lowest BCUT2D eigenvalue weighted by Crippen LogP contribution is -2.60. The lowest BCUT2D eigenvalue weighted by atomic mass is 9.68. The van der Waals surface area contributed by atoms with E-state index in [1.54, 1.807) is 0 Å². The first-order chi connectivity index (χ1) is 14.7. The van der Waals surface area contributed by atoms with Gasteiger partial charge >= 0.3 is 23.9 Å². The number of hydrogen-bond acceptors (Lipinski definition) is 0. The molecule has 2 aliphatic rings. The van der Waals surface area contributed by atoms with E-state index in [9.17, 15) is 39.5 Å². The standard InChI is InChI=1S/C23H35F9/c1-2-3-4-5-16-6-10-18(11-7-16)19-12-8-17(9-13-19)14-15-20(24,25)21(26,27)22(28,29)23(30,31)32/h16-19H,2-15H2,1H3. The molecule has 0 aromatic heterocycles. The average molecular weight is 483 g/mol. The Morgan fingerprint density at radius 1 is 0.562 bits per heavy atom. The van der Waals surface area contributed by atoms with Crippen molar-refractivity contribution < 1.29 is 39.5 Å². The molecule has 0 N–H and O–H groups in total. The molecule has 0 aliphatic heterocycles. The number of hydrogen-bond donors (Lipinski definition) is 0. The summed E-state index contributed by atoms with van der Waals surface area (Å²) >= 11 is 0. The highest BCUT2D eigenvalue weighted by Crippen LogP contribution is 2.55. The summed E-state index contributed by atoms with van der Waals surface area (Å²) in [7, 11) is 0. The van der Waals surface area contributed by atoms with Gasteiger partial charge in [-0.05, 0) is 55.8 Å². The molecule has 2 aliphatic carbocycles. The predicted octanol–water partition coefficient (Wildman–Crippen LogP) is 9.43. The second kappa shape index (κ2) is 10.7. The molecular weight excluding hydrogens is 447 g/mol. The maximum atomic E-state index is 13.8. The van der Waals surface area contributed by atoms with Gasteiger partial charge in [-0.1, -0.05) is 58.3 Å². The summed E-state index contributed by atoms with van der Waals surface area (Å²) in [6, 6.07) is 0. The molecule has 9 heteroatoms.